The first kappa shape index (κ1) is 33.9. The van der Waals surface area contributed by atoms with Crippen molar-refractivity contribution in [3.05, 3.63) is 82.8 Å². The maximum atomic E-state index is 13.0. The Morgan fingerprint density at radius 3 is 2.19 bits per heavy atom. The Balaban J connectivity index is 0.000000646. The molecule has 1 fully saturated rings. The summed E-state index contributed by atoms with van der Waals surface area (Å²) >= 11 is 3.38. The molecule has 4 rings (SSSR count). The number of alkyl halides is 3. The zero-order chi connectivity index (χ0) is 31.5. The summed E-state index contributed by atoms with van der Waals surface area (Å²) in [5.41, 5.74) is 0.741. The third-order valence-electron chi connectivity index (χ3n) is 6.38. The van der Waals surface area contributed by atoms with Crippen LogP contribution in [0.4, 0.5) is 18.9 Å². The molecule has 1 amide bonds. The minimum atomic E-state index is -5.08. The van der Waals surface area contributed by atoms with Gasteiger partial charge in [0.05, 0.1) is 10.6 Å². The van der Waals surface area contributed by atoms with Crippen LogP contribution in [0.15, 0.2) is 82.2 Å². The molecule has 0 saturated carbocycles. The van der Waals surface area contributed by atoms with Gasteiger partial charge in [0, 0.05) is 16.6 Å². The van der Waals surface area contributed by atoms with Crippen molar-refractivity contribution >= 4 is 43.5 Å². The molecule has 3 aromatic rings. The van der Waals surface area contributed by atoms with Gasteiger partial charge < -0.3 is 20.5 Å². The number of amides is 1. The average Bonchev–Trinajstić information content (AvgIpc) is 2.98. The van der Waals surface area contributed by atoms with Gasteiger partial charge in [0.1, 0.15) is 5.75 Å². The molecule has 1 aliphatic rings. The van der Waals surface area contributed by atoms with Crippen molar-refractivity contribution in [2.75, 3.05) is 24.4 Å². The number of hydrogen-bond acceptors (Lipinski definition) is 6. The van der Waals surface area contributed by atoms with Crippen LogP contribution in [0.3, 0.4) is 0 Å². The van der Waals surface area contributed by atoms with Crippen molar-refractivity contribution in [3.63, 3.8) is 0 Å². The normalized spacial score (nSPS) is 13.8. The molecule has 0 radical (unpaired) electrons. The van der Waals surface area contributed by atoms with Gasteiger partial charge in [-0.25, -0.2) is 13.2 Å². The van der Waals surface area contributed by atoms with Gasteiger partial charge in [0.2, 0.25) is 0 Å². The molecule has 0 bridgehead atoms. The smallest absolute Gasteiger partial charge is 0.475 e. The quantitative estimate of drug-likeness (QED) is 0.187. The number of sulfonamides is 1. The fourth-order valence-corrected chi connectivity index (χ4v) is 5.46. The number of piperidine rings is 1. The number of anilines is 1. The second-order valence-electron chi connectivity index (χ2n) is 9.58. The molecular formula is C29H31BrF3N3O6S. The highest BCUT2D eigenvalue weighted by molar-refractivity contribution is 9.10. The Hall–Kier alpha value is -3.62. The monoisotopic (exact) mass is 685 g/mol. The number of para-hydroxylation sites is 2. The van der Waals surface area contributed by atoms with Crippen LogP contribution >= 0.6 is 15.9 Å². The molecule has 0 atom stereocenters. The molecule has 0 aliphatic carbocycles. The van der Waals surface area contributed by atoms with Crippen LogP contribution in [0, 0.1) is 5.92 Å². The number of hydrogen-bond donors (Lipinski definition) is 4. The molecular weight excluding hydrogens is 655 g/mol. The van der Waals surface area contributed by atoms with Crippen molar-refractivity contribution in [1.82, 2.24) is 10.6 Å². The number of carboxylic acids is 1. The molecule has 0 aromatic heterocycles. The minimum absolute atomic E-state index is 0.0587. The molecule has 4 N–H and O–H groups in total. The van der Waals surface area contributed by atoms with E-state index in [1.54, 1.807) is 36.4 Å². The van der Waals surface area contributed by atoms with Crippen LogP contribution in [0.2, 0.25) is 0 Å². The summed E-state index contributed by atoms with van der Waals surface area (Å²) in [7, 11) is -3.88. The van der Waals surface area contributed by atoms with E-state index in [1.807, 2.05) is 12.1 Å². The van der Waals surface area contributed by atoms with Crippen LogP contribution in [0.1, 0.15) is 36.0 Å². The van der Waals surface area contributed by atoms with Crippen LogP contribution in [0.5, 0.6) is 11.5 Å². The third kappa shape index (κ3) is 11.2. The number of benzene rings is 3. The first-order valence-electron chi connectivity index (χ1n) is 13.3. The van der Waals surface area contributed by atoms with Crippen LogP contribution in [-0.4, -0.2) is 51.2 Å². The number of aliphatic carboxylic acids is 1. The van der Waals surface area contributed by atoms with Crippen molar-refractivity contribution in [2.24, 2.45) is 5.92 Å². The Labute approximate surface area is 256 Å². The Bertz CT molecular complexity index is 1460. The Morgan fingerprint density at radius 2 is 1.58 bits per heavy atom. The number of ether oxygens (including phenoxy) is 1. The second-order valence-corrected chi connectivity index (χ2v) is 12.2. The lowest BCUT2D eigenvalue weighted by Gasteiger charge is -2.22. The number of nitrogens with one attached hydrogen (secondary N) is 3. The fraction of sp³-hybridized carbons (Fsp3) is 0.310. The van der Waals surface area contributed by atoms with Crippen LogP contribution in [-0.2, 0) is 14.8 Å². The van der Waals surface area contributed by atoms with Gasteiger partial charge in [0.15, 0.2) is 5.75 Å². The highest BCUT2D eigenvalue weighted by Crippen LogP contribution is 2.31. The number of rotatable bonds is 10. The Kier molecular flexibility index (Phi) is 12.4. The highest BCUT2D eigenvalue weighted by atomic mass is 79.9. The number of carbonyl (C=O) groups is 2. The lowest BCUT2D eigenvalue weighted by atomic mass is 9.93. The molecule has 0 spiro atoms. The van der Waals surface area contributed by atoms with Gasteiger partial charge in [-0.3, -0.25) is 9.52 Å². The van der Waals surface area contributed by atoms with Crippen molar-refractivity contribution in [2.45, 2.75) is 36.8 Å². The zero-order valence-corrected chi connectivity index (χ0v) is 25.3. The summed E-state index contributed by atoms with van der Waals surface area (Å²) in [6, 6.07) is 20.0. The third-order valence-corrected chi connectivity index (χ3v) is 8.29. The standard InChI is InChI=1S/C27H30BrN3O4S.C2HF3O2/c28-22-9-11-23(12-10-22)35-26-6-2-1-5-25(26)31-36(33,34)24-13-7-21(8-14-24)27(32)30-17-3-4-20-15-18-29-19-16-20;3-2(4,5)1(6)7/h1-2,5-14,20,29,31H,3-4,15-19H2,(H,30,32);(H,6,7). The lowest BCUT2D eigenvalue weighted by molar-refractivity contribution is -0.192. The van der Waals surface area contributed by atoms with Gasteiger partial charge in [-0.05, 0) is 105 Å². The maximum Gasteiger partial charge on any atom is 0.490 e. The van der Waals surface area contributed by atoms with Crippen molar-refractivity contribution < 1.29 is 41.0 Å². The van der Waals surface area contributed by atoms with E-state index in [-0.39, 0.29) is 10.8 Å². The largest absolute Gasteiger partial charge is 0.490 e. The number of carboxylic acid groups (broad SMARTS) is 1. The molecule has 232 valence electrons. The SMILES string of the molecule is O=C(NCCCC1CCNCC1)c1ccc(S(=O)(=O)Nc2ccccc2Oc2ccc(Br)cc2)cc1.O=C(O)C(F)(F)F. The van der Waals surface area contributed by atoms with E-state index in [4.69, 9.17) is 14.6 Å². The molecule has 43 heavy (non-hydrogen) atoms. The van der Waals surface area contributed by atoms with E-state index in [2.05, 4.69) is 31.3 Å². The van der Waals surface area contributed by atoms with E-state index in [0.29, 0.717) is 29.3 Å². The van der Waals surface area contributed by atoms with Gasteiger partial charge in [-0.1, -0.05) is 28.1 Å². The first-order chi connectivity index (χ1) is 20.3. The van der Waals surface area contributed by atoms with E-state index >= 15 is 0 Å². The van der Waals surface area contributed by atoms with Crippen molar-refractivity contribution in [3.8, 4) is 11.5 Å². The highest BCUT2D eigenvalue weighted by Gasteiger charge is 2.38. The van der Waals surface area contributed by atoms with Gasteiger partial charge in [0.25, 0.3) is 15.9 Å². The number of halogens is 4. The molecule has 1 heterocycles. The fourth-order valence-electron chi connectivity index (χ4n) is 4.12. The van der Waals surface area contributed by atoms with Crippen LogP contribution < -0.4 is 20.1 Å². The van der Waals surface area contributed by atoms with Crippen molar-refractivity contribution in [1.29, 1.82) is 0 Å². The molecule has 0 unspecified atom stereocenters. The average molecular weight is 687 g/mol. The first-order valence-corrected chi connectivity index (χ1v) is 15.6. The summed E-state index contributed by atoms with van der Waals surface area (Å²) in [6.07, 6.45) is -0.649. The zero-order valence-electron chi connectivity index (χ0n) is 22.9. The van der Waals surface area contributed by atoms with E-state index < -0.39 is 22.2 Å². The van der Waals surface area contributed by atoms with E-state index in [9.17, 15) is 26.4 Å². The predicted molar refractivity (Wildman–Crippen MR) is 159 cm³/mol. The molecule has 1 aliphatic heterocycles. The summed E-state index contributed by atoms with van der Waals surface area (Å²) in [6.45, 7) is 2.76. The lowest BCUT2D eigenvalue weighted by Crippen LogP contribution is -2.29. The second kappa shape index (κ2) is 15.7. The van der Waals surface area contributed by atoms with Gasteiger partial charge >= 0.3 is 12.1 Å². The summed E-state index contributed by atoms with van der Waals surface area (Å²) in [5, 5.41) is 13.4. The Morgan fingerprint density at radius 1 is 0.977 bits per heavy atom. The van der Waals surface area contributed by atoms with Gasteiger partial charge in [-0.15, -0.1) is 0 Å². The summed E-state index contributed by atoms with van der Waals surface area (Å²) in [4.78, 5) is 21.4. The molecule has 1 saturated heterocycles. The summed E-state index contributed by atoms with van der Waals surface area (Å²) < 4.78 is 67.1. The maximum absolute atomic E-state index is 13.0. The van der Waals surface area contributed by atoms with E-state index in [0.717, 1.165) is 36.3 Å². The summed E-state index contributed by atoms with van der Waals surface area (Å²) in [5.74, 6) is -1.27. The minimum Gasteiger partial charge on any atom is -0.475 e. The molecule has 9 nitrogen and oxygen atoms in total. The topological polar surface area (TPSA) is 134 Å². The molecule has 3 aromatic carbocycles. The van der Waals surface area contributed by atoms with Crippen LogP contribution in [0.25, 0.3) is 0 Å². The predicted octanol–water partition coefficient (Wildman–Crippen LogP) is 6.19. The van der Waals surface area contributed by atoms with Gasteiger partial charge in [-0.2, -0.15) is 13.2 Å². The van der Waals surface area contributed by atoms with E-state index in [1.165, 1.54) is 37.1 Å². The number of carbonyl (C=O) groups excluding carboxylic acids is 1. The molecule has 14 heteroatoms.